The predicted octanol–water partition coefficient (Wildman–Crippen LogP) is 0.940. The van der Waals surface area contributed by atoms with Crippen LogP contribution in [0.5, 0.6) is 0 Å². The lowest BCUT2D eigenvalue weighted by Crippen LogP contribution is -2.37. The number of hydrogen-bond acceptors (Lipinski definition) is 3. The number of carboxylic acid groups (broad SMARTS) is 1. The number of amides is 1. The molecule has 2 rings (SSSR count). The number of fused-ring (bicyclic) bond motifs is 1. The van der Waals surface area contributed by atoms with E-state index in [-0.39, 0.29) is 18.4 Å². The fourth-order valence-electron chi connectivity index (χ4n) is 2.55. The van der Waals surface area contributed by atoms with Gasteiger partial charge in [-0.3, -0.25) is 9.59 Å². The molecule has 0 aliphatic carbocycles. The van der Waals surface area contributed by atoms with E-state index >= 15 is 0 Å². The standard InChI is InChI=1S/C14H18N2O3/c1-9(6-14(18)19)16-12-3-2-10(4-5-15)7-11(12)8-13(16)17/h2-3,7,9H,4-6,8,15H2,1H3,(H,18,19). The summed E-state index contributed by atoms with van der Waals surface area (Å²) in [5.41, 5.74) is 8.43. The van der Waals surface area contributed by atoms with Gasteiger partial charge in [-0.05, 0) is 37.1 Å². The van der Waals surface area contributed by atoms with Crippen LogP contribution in [-0.2, 0) is 22.4 Å². The maximum atomic E-state index is 12.0. The molecule has 0 radical (unpaired) electrons. The van der Waals surface area contributed by atoms with Gasteiger partial charge in [0.25, 0.3) is 0 Å². The molecule has 1 atom stereocenters. The van der Waals surface area contributed by atoms with Crippen LogP contribution in [0.25, 0.3) is 0 Å². The highest BCUT2D eigenvalue weighted by molar-refractivity contribution is 6.02. The van der Waals surface area contributed by atoms with Crippen molar-refractivity contribution in [2.24, 2.45) is 5.73 Å². The zero-order chi connectivity index (χ0) is 14.0. The monoisotopic (exact) mass is 262 g/mol. The van der Waals surface area contributed by atoms with Crippen LogP contribution in [0.1, 0.15) is 24.5 Å². The summed E-state index contributed by atoms with van der Waals surface area (Å²) in [6, 6.07) is 5.51. The lowest BCUT2D eigenvalue weighted by Gasteiger charge is -2.24. The topological polar surface area (TPSA) is 83.6 Å². The molecule has 0 bridgehead atoms. The number of carbonyl (C=O) groups is 2. The van der Waals surface area contributed by atoms with E-state index in [0.29, 0.717) is 13.0 Å². The molecule has 0 saturated carbocycles. The van der Waals surface area contributed by atoms with Crippen LogP contribution in [0.4, 0.5) is 5.69 Å². The highest BCUT2D eigenvalue weighted by Gasteiger charge is 2.31. The smallest absolute Gasteiger partial charge is 0.305 e. The van der Waals surface area contributed by atoms with E-state index in [1.807, 2.05) is 18.2 Å². The molecular formula is C14H18N2O3. The Hall–Kier alpha value is -1.88. The quantitative estimate of drug-likeness (QED) is 0.827. The summed E-state index contributed by atoms with van der Waals surface area (Å²) in [5.74, 6) is -0.929. The molecule has 0 fully saturated rings. The predicted molar refractivity (Wildman–Crippen MR) is 72.1 cm³/mol. The number of rotatable bonds is 5. The third-order valence-corrected chi connectivity index (χ3v) is 3.36. The first kappa shape index (κ1) is 13.5. The van der Waals surface area contributed by atoms with Gasteiger partial charge in [0.15, 0.2) is 0 Å². The fraction of sp³-hybridized carbons (Fsp3) is 0.429. The number of carbonyl (C=O) groups excluding carboxylic acids is 1. The molecule has 0 spiro atoms. The summed E-state index contributed by atoms with van der Waals surface area (Å²) < 4.78 is 0. The van der Waals surface area contributed by atoms with Crippen molar-refractivity contribution in [1.82, 2.24) is 0 Å². The highest BCUT2D eigenvalue weighted by Crippen LogP contribution is 2.32. The van der Waals surface area contributed by atoms with E-state index in [4.69, 9.17) is 10.8 Å². The molecule has 0 saturated heterocycles. The van der Waals surface area contributed by atoms with Crippen molar-refractivity contribution < 1.29 is 14.7 Å². The molecule has 102 valence electrons. The molecule has 5 heteroatoms. The highest BCUT2D eigenvalue weighted by atomic mass is 16.4. The van der Waals surface area contributed by atoms with E-state index in [1.54, 1.807) is 11.8 Å². The first-order valence-corrected chi connectivity index (χ1v) is 6.38. The molecular weight excluding hydrogens is 244 g/mol. The van der Waals surface area contributed by atoms with Gasteiger partial charge in [0, 0.05) is 11.7 Å². The second kappa shape index (κ2) is 5.40. The van der Waals surface area contributed by atoms with Gasteiger partial charge in [0.1, 0.15) is 0 Å². The van der Waals surface area contributed by atoms with Gasteiger partial charge >= 0.3 is 5.97 Å². The van der Waals surface area contributed by atoms with Crippen molar-refractivity contribution in [1.29, 1.82) is 0 Å². The molecule has 1 unspecified atom stereocenters. The van der Waals surface area contributed by atoms with Crippen molar-refractivity contribution in [3.63, 3.8) is 0 Å². The normalized spacial score (nSPS) is 15.5. The van der Waals surface area contributed by atoms with Crippen molar-refractivity contribution in [2.75, 3.05) is 11.4 Å². The third-order valence-electron chi connectivity index (χ3n) is 3.36. The van der Waals surface area contributed by atoms with Crippen LogP contribution in [0.3, 0.4) is 0 Å². The van der Waals surface area contributed by atoms with Crippen LogP contribution < -0.4 is 10.6 Å². The lowest BCUT2D eigenvalue weighted by atomic mass is 10.1. The summed E-state index contributed by atoms with van der Waals surface area (Å²) in [6.45, 7) is 2.33. The zero-order valence-electron chi connectivity index (χ0n) is 10.9. The van der Waals surface area contributed by atoms with Crippen LogP contribution in [0, 0.1) is 0 Å². The van der Waals surface area contributed by atoms with E-state index in [1.165, 1.54) is 0 Å². The summed E-state index contributed by atoms with van der Waals surface area (Å²) in [4.78, 5) is 24.4. The van der Waals surface area contributed by atoms with Crippen LogP contribution >= 0.6 is 0 Å². The van der Waals surface area contributed by atoms with Gasteiger partial charge in [0.05, 0.1) is 12.8 Å². The van der Waals surface area contributed by atoms with Gasteiger partial charge < -0.3 is 15.7 Å². The number of anilines is 1. The maximum Gasteiger partial charge on any atom is 0.305 e. The Balaban J connectivity index is 2.26. The fourth-order valence-corrected chi connectivity index (χ4v) is 2.55. The summed E-state index contributed by atoms with van der Waals surface area (Å²) in [5, 5.41) is 8.84. The van der Waals surface area contributed by atoms with Gasteiger partial charge in [-0.2, -0.15) is 0 Å². The Kier molecular flexibility index (Phi) is 3.85. The second-order valence-electron chi connectivity index (χ2n) is 4.89. The van der Waals surface area contributed by atoms with E-state index < -0.39 is 5.97 Å². The molecule has 1 aromatic rings. The van der Waals surface area contributed by atoms with Crippen LogP contribution in [0.15, 0.2) is 18.2 Å². The van der Waals surface area contributed by atoms with Crippen molar-refractivity contribution in [3.05, 3.63) is 29.3 Å². The number of carboxylic acids is 1. The molecule has 1 aliphatic heterocycles. The number of benzene rings is 1. The molecule has 1 aliphatic rings. The molecule has 5 nitrogen and oxygen atoms in total. The van der Waals surface area contributed by atoms with Crippen molar-refractivity contribution in [2.45, 2.75) is 32.2 Å². The van der Waals surface area contributed by atoms with Gasteiger partial charge in [-0.25, -0.2) is 0 Å². The first-order chi connectivity index (χ1) is 9.02. The molecule has 0 aromatic heterocycles. The van der Waals surface area contributed by atoms with Gasteiger partial charge in [-0.15, -0.1) is 0 Å². The first-order valence-electron chi connectivity index (χ1n) is 6.38. The summed E-state index contributed by atoms with van der Waals surface area (Å²) in [6.07, 6.45) is 1.08. The number of hydrogen-bond donors (Lipinski definition) is 2. The number of nitrogens with two attached hydrogens (primary N) is 1. The SMILES string of the molecule is CC(CC(=O)O)N1C(=O)Cc2cc(CCN)ccc21. The van der Waals surface area contributed by atoms with Crippen LogP contribution in [0.2, 0.25) is 0 Å². The lowest BCUT2D eigenvalue weighted by molar-refractivity contribution is -0.137. The Morgan fingerprint density at radius 3 is 2.89 bits per heavy atom. The largest absolute Gasteiger partial charge is 0.481 e. The molecule has 1 heterocycles. The minimum atomic E-state index is -0.895. The Morgan fingerprint density at radius 1 is 1.53 bits per heavy atom. The van der Waals surface area contributed by atoms with Crippen molar-refractivity contribution in [3.8, 4) is 0 Å². The maximum absolute atomic E-state index is 12.0. The summed E-state index contributed by atoms with van der Waals surface area (Å²) in [7, 11) is 0. The van der Waals surface area contributed by atoms with Gasteiger partial charge in [0.2, 0.25) is 5.91 Å². The van der Waals surface area contributed by atoms with Gasteiger partial charge in [-0.1, -0.05) is 12.1 Å². The average Bonchev–Trinajstić information content (AvgIpc) is 2.63. The molecule has 1 amide bonds. The van der Waals surface area contributed by atoms with Crippen molar-refractivity contribution >= 4 is 17.6 Å². The van der Waals surface area contributed by atoms with E-state index in [0.717, 1.165) is 23.2 Å². The number of aliphatic carboxylic acids is 1. The molecule has 1 aromatic carbocycles. The summed E-state index contributed by atoms with van der Waals surface area (Å²) >= 11 is 0. The minimum absolute atomic E-state index is 0.0337. The minimum Gasteiger partial charge on any atom is -0.481 e. The van der Waals surface area contributed by atoms with E-state index in [2.05, 4.69) is 0 Å². The number of nitrogens with zero attached hydrogens (tertiary/aromatic N) is 1. The molecule has 19 heavy (non-hydrogen) atoms. The Morgan fingerprint density at radius 2 is 2.26 bits per heavy atom. The molecule has 3 N–H and O–H groups in total. The average molecular weight is 262 g/mol. The van der Waals surface area contributed by atoms with E-state index in [9.17, 15) is 9.59 Å². The van der Waals surface area contributed by atoms with Crippen LogP contribution in [-0.4, -0.2) is 29.6 Å². The second-order valence-corrected chi connectivity index (χ2v) is 4.89. The Labute approximate surface area is 112 Å². The Bertz CT molecular complexity index is 513. The zero-order valence-corrected chi connectivity index (χ0v) is 10.9. The third kappa shape index (κ3) is 2.76.